The van der Waals surface area contributed by atoms with E-state index in [-0.39, 0.29) is 11.6 Å². The van der Waals surface area contributed by atoms with Gasteiger partial charge in [-0.3, -0.25) is 9.59 Å². The van der Waals surface area contributed by atoms with Crippen LogP contribution in [0, 0.1) is 13.8 Å². The summed E-state index contributed by atoms with van der Waals surface area (Å²) in [6, 6.07) is 23.8. The summed E-state index contributed by atoms with van der Waals surface area (Å²) in [6.45, 7) is 4.06. The fraction of sp³-hybridized carbons (Fsp3) is 0.231. The van der Waals surface area contributed by atoms with Crippen molar-refractivity contribution in [1.29, 1.82) is 0 Å². The average molecular weight is 370 g/mol. The quantitative estimate of drug-likeness (QED) is 0.558. The van der Waals surface area contributed by atoms with Gasteiger partial charge in [0.2, 0.25) is 0 Å². The molecule has 0 fully saturated rings. The second-order valence-corrected chi connectivity index (χ2v) is 7.46. The van der Waals surface area contributed by atoms with E-state index in [0.717, 1.165) is 33.4 Å². The molecule has 3 aromatic carbocycles. The van der Waals surface area contributed by atoms with Crippen molar-refractivity contribution in [3.05, 3.63) is 106 Å². The standard InChI is InChI=1S/C26H26O2/c1-19-8-3-5-12-23(19)17-25(27)15-21-10-7-11-22(14-21)16-26(28)18-24-13-6-4-9-20(24)2/h3-14H,15-18H2,1-2H3. The van der Waals surface area contributed by atoms with Gasteiger partial charge >= 0.3 is 0 Å². The van der Waals surface area contributed by atoms with Crippen LogP contribution in [0.4, 0.5) is 0 Å². The highest BCUT2D eigenvalue weighted by Crippen LogP contribution is 2.14. The van der Waals surface area contributed by atoms with E-state index >= 15 is 0 Å². The van der Waals surface area contributed by atoms with Crippen molar-refractivity contribution in [3.63, 3.8) is 0 Å². The Morgan fingerprint density at radius 2 is 1.00 bits per heavy atom. The third-order valence-corrected chi connectivity index (χ3v) is 5.09. The van der Waals surface area contributed by atoms with Crippen molar-refractivity contribution >= 4 is 11.6 Å². The molecule has 0 spiro atoms. The van der Waals surface area contributed by atoms with Crippen LogP contribution in [0.2, 0.25) is 0 Å². The zero-order valence-electron chi connectivity index (χ0n) is 16.6. The van der Waals surface area contributed by atoms with Crippen LogP contribution >= 0.6 is 0 Å². The first kappa shape index (κ1) is 19.8. The minimum Gasteiger partial charge on any atom is -0.299 e. The minimum absolute atomic E-state index is 0.192. The Kier molecular flexibility index (Phi) is 6.54. The molecule has 3 aromatic rings. The van der Waals surface area contributed by atoms with Crippen molar-refractivity contribution in [2.45, 2.75) is 39.5 Å². The molecular weight excluding hydrogens is 344 g/mol. The molecule has 0 amide bonds. The Morgan fingerprint density at radius 1 is 0.571 bits per heavy atom. The molecule has 0 saturated heterocycles. The van der Waals surface area contributed by atoms with Gasteiger partial charge in [-0.15, -0.1) is 0 Å². The molecule has 28 heavy (non-hydrogen) atoms. The first-order valence-electron chi connectivity index (χ1n) is 9.71. The molecule has 0 bridgehead atoms. The van der Waals surface area contributed by atoms with Gasteiger partial charge in [0, 0.05) is 25.7 Å². The zero-order chi connectivity index (χ0) is 19.9. The predicted octanol–water partition coefficient (Wildman–Crippen LogP) is 5.01. The summed E-state index contributed by atoms with van der Waals surface area (Å²) in [6.07, 6.45) is 1.69. The molecule has 3 rings (SSSR count). The lowest BCUT2D eigenvalue weighted by molar-refractivity contribution is -0.118. The van der Waals surface area contributed by atoms with E-state index in [4.69, 9.17) is 0 Å². The molecular formula is C26H26O2. The molecule has 0 atom stereocenters. The topological polar surface area (TPSA) is 34.1 Å². The number of hydrogen-bond acceptors (Lipinski definition) is 2. The number of rotatable bonds is 8. The van der Waals surface area contributed by atoms with Crippen LogP contribution in [-0.2, 0) is 35.3 Å². The SMILES string of the molecule is Cc1ccccc1CC(=O)Cc1cccc(CC(=O)Cc2ccccc2C)c1. The first-order chi connectivity index (χ1) is 13.5. The summed E-state index contributed by atoms with van der Waals surface area (Å²) in [5, 5.41) is 0. The van der Waals surface area contributed by atoms with E-state index < -0.39 is 0 Å². The van der Waals surface area contributed by atoms with Gasteiger partial charge in [0.05, 0.1) is 0 Å². The lowest BCUT2D eigenvalue weighted by atomic mass is 9.96. The summed E-state index contributed by atoms with van der Waals surface area (Å²) in [5.41, 5.74) is 6.39. The largest absolute Gasteiger partial charge is 0.299 e. The second kappa shape index (κ2) is 9.27. The molecule has 142 valence electrons. The van der Waals surface area contributed by atoms with Gasteiger partial charge in [-0.05, 0) is 47.2 Å². The van der Waals surface area contributed by atoms with Crippen LogP contribution in [0.3, 0.4) is 0 Å². The number of ketones is 2. The summed E-state index contributed by atoms with van der Waals surface area (Å²) >= 11 is 0. The van der Waals surface area contributed by atoms with Crippen molar-refractivity contribution in [2.24, 2.45) is 0 Å². The van der Waals surface area contributed by atoms with Crippen LogP contribution in [0.25, 0.3) is 0 Å². The highest BCUT2D eigenvalue weighted by atomic mass is 16.1. The highest BCUT2D eigenvalue weighted by Gasteiger charge is 2.10. The maximum Gasteiger partial charge on any atom is 0.141 e. The smallest absolute Gasteiger partial charge is 0.141 e. The Morgan fingerprint density at radius 3 is 1.43 bits per heavy atom. The van der Waals surface area contributed by atoms with Gasteiger partial charge in [0.15, 0.2) is 0 Å². The monoisotopic (exact) mass is 370 g/mol. The number of Topliss-reactive ketones (excluding diaryl/α,β-unsaturated/α-hetero) is 2. The number of aryl methyl sites for hydroxylation is 2. The molecule has 0 unspecified atom stereocenters. The normalized spacial score (nSPS) is 10.6. The fourth-order valence-electron chi connectivity index (χ4n) is 3.47. The van der Waals surface area contributed by atoms with Gasteiger partial charge in [-0.25, -0.2) is 0 Å². The van der Waals surface area contributed by atoms with Gasteiger partial charge in [-0.1, -0.05) is 72.8 Å². The van der Waals surface area contributed by atoms with Crippen molar-refractivity contribution in [2.75, 3.05) is 0 Å². The van der Waals surface area contributed by atoms with Crippen LogP contribution < -0.4 is 0 Å². The highest BCUT2D eigenvalue weighted by molar-refractivity contribution is 5.84. The van der Waals surface area contributed by atoms with Crippen LogP contribution in [0.1, 0.15) is 33.4 Å². The summed E-state index contributed by atoms with van der Waals surface area (Å²) in [7, 11) is 0. The molecule has 2 heteroatoms. The Balaban J connectivity index is 1.60. The maximum atomic E-state index is 12.5. The molecule has 0 heterocycles. The van der Waals surface area contributed by atoms with E-state index in [9.17, 15) is 9.59 Å². The van der Waals surface area contributed by atoms with E-state index in [0.29, 0.717) is 25.7 Å². The number of benzene rings is 3. The number of carbonyl (C=O) groups excluding carboxylic acids is 2. The lowest BCUT2D eigenvalue weighted by Gasteiger charge is -2.08. The zero-order valence-corrected chi connectivity index (χ0v) is 16.6. The molecule has 0 aliphatic heterocycles. The molecule has 0 aromatic heterocycles. The van der Waals surface area contributed by atoms with Crippen molar-refractivity contribution < 1.29 is 9.59 Å². The molecule has 0 N–H and O–H groups in total. The Hall–Kier alpha value is -3.00. The third-order valence-electron chi connectivity index (χ3n) is 5.09. The molecule has 0 aliphatic rings. The fourth-order valence-corrected chi connectivity index (χ4v) is 3.47. The summed E-state index contributed by atoms with van der Waals surface area (Å²) in [4.78, 5) is 25.0. The van der Waals surface area contributed by atoms with Gasteiger partial charge < -0.3 is 0 Å². The van der Waals surface area contributed by atoms with Crippen LogP contribution in [-0.4, -0.2) is 11.6 Å². The van der Waals surface area contributed by atoms with Crippen molar-refractivity contribution in [3.8, 4) is 0 Å². The van der Waals surface area contributed by atoms with Gasteiger partial charge in [-0.2, -0.15) is 0 Å². The van der Waals surface area contributed by atoms with Gasteiger partial charge in [0.25, 0.3) is 0 Å². The Labute approximate surface area is 167 Å². The number of hydrogen-bond donors (Lipinski definition) is 0. The number of carbonyl (C=O) groups is 2. The van der Waals surface area contributed by atoms with Crippen molar-refractivity contribution in [1.82, 2.24) is 0 Å². The van der Waals surface area contributed by atoms with E-state index in [1.807, 2.05) is 86.6 Å². The molecule has 0 aliphatic carbocycles. The lowest BCUT2D eigenvalue weighted by Crippen LogP contribution is -2.10. The van der Waals surface area contributed by atoms with E-state index in [1.54, 1.807) is 0 Å². The van der Waals surface area contributed by atoms with Gasteiger partial charge in [0.1, 0.15) is 11.6 Å². The van der Waals surface area contributed by atoms with Crippen LogP contribution in [0.5, 0.6) is 0 Å². The van der Waals surface area contributed by atoms with Crippen LogP contribution in [0.15, 0.2) is 72.8 Å². The van der Waals surface area contributed by atoms with E-state index in [2.05, 4.69) is 0 Å². The third kappa shape index (κ3) is 5.50. The molecule has 2 nitrogen and oxygen atoms in total. The summed E-state index contributed by atoms with van der Waals surface area (Å²) < 4.78 is 0. The summed E-state index contributed by atoms with van der Waals surface area (Å²) in [5.74, 6) is 0.385. The molecule has 0 radical (unpaired) electrons. The Bertz CT molecular complexity index is 908. The average Bonchev–Trinajstić information content (AvgIpc) is 2.66. The van der Waals surface area contributed by atoms with E-state index in [1.165, 1.54) is 0 Å². The predicted molar refractivity (Wildman–Crippen MR) is 114 cm³/mol. The second-order valence-electron chi connectivity index (χ2n) is 7.46. The molecule has 0 saturated carbocycles. The first-order valence-corrected chi connectivity index (χ1v) is 9.71. The maximum absolute atomic E-state index is 12.5. The minimum atomic E-state index is 0.192.